The number of nitro benzene ring substituents is 1. The molecule has 4 rings (SSSR count). The van der Waals surface area contributed by atoms with E-state index < -0.39 is 4.92 Å². The highest BCUT2D eigenvalue weighted by molar-refractivity contribution is 5.92. The van der Waals surface area contributed by atoms with E-state index in [2.05, 4.69) is 11.9 Å². The lowest BCUT2D eigenvalue weighted by molar-refractivity contribution is -0.384. The first kappa shape index (κ1) is 16.8. The van der Waals surface area contributed by atoms with Crippen molar-refractivity contribution in [1.82, 2.24) is 9.80 Å². The molecule has 0 N–H and O–H groups in total. The van der Waals surface area contributed by atoms with Crippen LogP contribution in [0.2, 0.25) is 0 Å². The number of piperidine rings is 1. The average Bonchev–Trinajstić information content (AvgIpc) is 3.11. The topological polar surface area (TPSA) is 79.8 Å². The molecule has 136 valence electrons. The lowest BCUT2D eigenvalue weighted by atomic mass is 9.92. The number of hydrogen-bond acceptors (Lipinski definition) is 5. The second-order valence-electron chi connectivity index (χ2n) is 7.08. The van der Waals surface area contributed by atoms with Gasteiger partial charge in [0.2, 0.25) is 0 Å². The molecule has 2 fully saturated rings. The Hall–Kier alpha value is -2.67. The Bertz CT molecular complexity index is 816. The number of furan rings is 1. The van der Waals surface area contributed by atoms with Gasteiger partial charge in [0.25, 0.3) is 11.6 Å². The van der Waals surface area contributed by atoms with Crippen molar-refractivity contribution in [2.45, 2.75) is 31.3 Å². The van der Waals surface area contributed by atoms with Crippen LogP contribution in [0.3, 0.4) is 0 Å². The van der Waals surface area contributed by atoms with Gasteiger partial charge in [-0.2, -0.15) is 0 Å². The number of fused-ring (bicyclic) bond motifs is 2. The van der Waals surface area contributed by atoms with E-state index in [1.165, 1.54) is 18.6 Å². The maximum Gasteiger partial charge on any atom is 0.289 e. The largest absolute Gasteiger partial charge is 0.451 e. The number of likely N-dealkylation sites (tertiary alicyclic amines) is 1. The zero-order chi connectivity index (χ0) is 18.3. The van der Waals surface area contributed by atoms with Gasteiger partial charge >= 0.3 is 0 Å². The molecule has 3 heterocycles. The molecule has 2 unspecified atom stereocenters. The minimum absolute atomic E-state index is 0.0283. The van der Waals surface area contributed by atoms with E-state index in [4.69, 9.17) is 4.42 Å². The SMILES string of the molecule is CN1C2CCCC1CN(C(=O)c1ccc(-c3ccc([N+](=O)[O-])cc3)o1)C2. The number of amides is 1. The molecule has 2 aliphatic heterocycles. The number of carbonyl (C=O) groups excluding carboxylic acids is 1. The van der Waals surface area contributed by atoms with Gasteiger partial charge in [-0.05, 0) is 44.2 Å². The van der Waals surface area contributed by atoms with Gasteiger partial charge in [0.1, 0.15) is 5.76 Å². The number of nitro groups is 1. The lowest BCUT2D eigenvalue weighted by Crippen LogP contribution is -2.60. The summed E-state index contributed by atoms with van der Waals surface area (Å²) in [5, 5.41) is 10.8. The van der Waals surface area contributed by atoms with Gasteiger partial charge in [-0.25, -0.2) is 0 Å². The van der Waals surface area contributed by atoms with Gasteiger partial charge in [-0.3, -0.25) is 19.8 Å². The van der Waals surface area contributed by atoms with Crippen LogP contribution < -0.4 is 0 Å². The van der Waals surface area contributed by atoms with Crippen molar-refractivity contribution in [3.63, 3.8) is 0 Å². The lowest BCUT2D eigenvalue weighted by Gasteiger charge is -2.48. The molecule has 2 saturated heterocycles. The quantitative estimate of drug-likeness (QED) is 0.624. The van der Waals surface area contributed by atoms with Crippen LogP contribution >= 0.6 is 0 Å². The van der Waals surface area contributed by atoms with Crippen molar-refractivity contribution in [3.05, 3.63) is 52.3 Å². The fraction of sp³-hybridized carbons (Fsp3) is 0.421. The van der Waals surface area contributed by atoms with Crippen molar-refractivity contribution in [3.8, 4) is 11.3 Å². The molecular formula is C19H21N3O4. The Morgan fingerprint density at radius 1 is 1.12 bits per heavy atom. The summed E-state index contributed by atoms with van der Waals surface area (Å²) >= 11 is 0. The molecule has 2 aromatic rings. The van der Waals surface area contributed by atoms with E-state index in [1.54, 1.807) is 24.3 Å². The van der Waals surface area contributed by atoms with Crippen molar-refractivity contribution in [2.24, 2.45) is 0 Å². The number of carbonyl (C=O) groups is 1. The minimum Gasteiger partial charge on any atom is -0.451 e. The van der Waals surface area contributed by atoms with Gasteiger partial charge in [-0.1, -0.05) is 6.42 Å². The van der Waals surface area contributed by atoms with Crippen LogP contribution in [0.4, 0.5) is 5.69 Å². The number of piperazine rings is 1. The summed E-state index contributed by atoms with van der Waals surface area (Å²) in [5.74, 6) is 0.779. The van der Waals surface area contributed by atoms with Gasteiger partial charge in [0, 0.05) is 42.9 Å². The smallest absolute Gasteiger partial charge is 0.289 e. The third kappa shape index (κ3) is 2.99. The van der Waals surface area contributed by atoms with Crippen LogP contribution in [0, 0.1) is 10.1 Å². The normalized spacial score (nSPS) is 23.0. The first-order valence-corrected chi connectivity index (χ1v) is 8.89. The fourth-order valence-corrected chi connectivity index (χ4v) is 4.00. The third-order valence-corrected chi connectivity index (χ3v) is 5.56. The summed E-state index contributed by atoms with van der Waals surface area (Å²) in [6, 6.07) is 10.4. The van der Waals surface area contributed by atoms with Gasteiger partial charge in [0.05, 0.1) is 4.92 Å². The fourth-order valence-electron chi connectivity index (χ4n) is 4.00. The van der Waals surface area contributed by atoms with Crippen LogP contribution in [0.1, 0.15) is 29.8 Å². The van der Waals surface area contributed by atoms with Crippen molar-refractivity contribution in [2.75, 3.05) is 20.1 Å². The molecule has 0 radical (unpaired) electrons. The highest BCUT2D eigenvalue weighted by Gasteiger charge is 2.37. The molecule has 1 amide bonds. The summed E-state index contributed by atoms with van der Waals surface area (Å²) in [7, 11) is 2.15. The monoisotopic (exact) mass is 355 g/mol. The zero-order valence-corrected chi connectivity index (χ0v) is 14.6. The molecular weight excluding hydrogens is 334 g/mol. The van der Waals surface area contributed by atoms with Crippen LogP contribution in [-0.4, -0.2) is 52.9 Å². The summed E-state index contributed by atoms with van der Waals surface area (Å²) in [6.45, 7) is 1.47. The summed E-state index contributed by atoms with van der Waals surface area (Å²) in [6.07, 6.45) is 3.48. The van der Waals surface area contributed by atoms with E-state index >= 15 is 0 Å². The maximum absolute atomic E-state index is 12.8. The van der Waals surface area contributed by atoms with Crippen molar-refractivity contribution >= 4 is 11.6 Å². The molecule has 0 spiro atoms. The van der Waals surface area contributed by atoms with Crippen LogP contribution in [0.25, 0.3) is 11.3 Å². The second kappa shape index (κ2) is 6.57. The standard InChI is InChI=1S/C19H21N3O4/c1-20-15-3-2-4-16(20)12-21(11-15)19(23)18-10-9-17(26-18)13-5-7-14(8-6-13)22(24)25/h5-10,15-16H,2-4,11-12H2,1H3. The number of likely N-dealkylation sites (N-methyl/N-ethyl adjacent to an activating group) is 1. The summed E-state index contributed by atoms with van der Waals surface area (Å²) in [4.78, 5) is 27.5. The molecule has 1 aromatic heterocycles. The molecule has 2 bridgehead atoms. The molecule has 2 atom stereocenters. The Morgan fingerprint density at radius 2 is 1.77 bits per heavy atom. The number of non-ortho nitro benzene ring substituents is 1. The van der Waals surface area contributed by atoms with Crippen LogP contribution in [-0.2, 0) is 0 Å². The molecule has 0 aliphatic carbocycles. The molecule has 7 nitrogen and oxygen atoms in total. The van der Waals surface area contributed by atoms with Gasteiger partial charge < -0.3 is 9.32 Å². The van der Waals surface area contributed by atoms with E-state index in [0.29, 0.717) is 29.2 Å². The van der Waals surface area contributed by atoms with Crippen LogP contribution in [0.15, 0.2) is 40.8 Å². The van der Waals surface area contributed by atoms with Crippen molar-refractivity contribution < 1.29 is 14.1 Å². The Morgan fingerprint density at radius 3 is 2.38 bits per heavy atom. The van der Waals surface area contributed by atoms with E-state index in [9.17, 15) is 14.9 Å². The zero-order valence-electron chi connectivity index (χ0n) is 14.6. The Balaban J connectivity index is 1.50. The number of nitrogens with zero attached hydrogens (tertiary/aromatic N) is 3. The second-order valence-corrected chi connectivity index (χ2v) is 7.08. The molecule has 26 heavy (non-hydrogen) atoms. The van der Waals surface area contributed by atoms with E-state index in [0.717, 1.165) is 25.9 Å². The first-order chi connectivity index (χ1) is 12.5. The summed E-state index contributed by atoms with van der Waals surface area (Å²) in [5.41, 5.74) is 0.741. The molecule has 1 aromatic carbocycles. The molecule has 0 saturated carbocycles. The van der Waals surface area contributed by atoms with Gasteiger partial charge in [-0.15, -0.1) is 0 Å². The van der Waals surface area contributed by atoms with Crippen LogP contribution in [0.5, 0.6) is 0 Å². The minimum atomic E-state index is -0.439. The Kier molecular flexibility index (Phi) is 4.24. The van der Waals surface area contributed by atoms with Gasteiger partial charge in [0.15, 0.2) is 5.76 Å². The Labute approximate surface area is 151 Å². The highest BCUT2D eigenvalue weighted by Crippen LogP contribution is 2.29. The highest BCUT2D eigenvalue weighted by atomic mass is 16.6. The van der Waals surface area contributed by atoms with E-state index in [1.807, 2.05) is 4.90 Å². The summed E-state index contributed by atoms with van der Waals surface area (Å²) < 4.78 is 5.76. The number of hydrogen-bond donors (Lipinski definition) is 0. The predicted molar refractivity (Wildman–Crippen MR) is 95.9 cm³/mol. The number of benzene rings is 1. The first-order valence-electron chi connectivity index (χ1n) is 8.89. The number of rotatable bonds is 3. The van der Waals surface area contributed by atoms with Crippen molar-refractivity contribution in [1.29, 1.82) is 0 Å². The molecule has 2 aliphatic rings. The maximum atomic E-state index is 12.8. The average molecular weight is 355 g/mol. The molecule has 7 heteroatoms. The predicted octanol–water partition coefficient (Wildman–Crippen LogP) is 3.16. The third-order valence-electron chi connectivity index (χ3n) is 5.56. The van der Waals surface area contributed by atoms with E-state index in [-0.39, 0.29) is 11.6 Å².